The van der Waals surface area contributed by atoms with E-state index in [-0.39, 0.29) is 11.4 Å². The zero-order chi connectivity index (χ0) is 15.5. The molecule has 0 radical (unpaired) electrons. The Balaban J connectivity index is 2.46. The van der Waals surface area contributed by atoms with Gasteiger partial charge in [0.15, 0.2) is 9.84 Å². The Hall–Kier alpha value is -1.92. The minimum Gasteiger partial charge on any atom is -0.497 e. The highest BCUT2D eigenvalue weighted by atomic mass is 32.2. The standard InChI is InChI=1S/C15H16FNO3S/c1-20-13-4-2-3-11(9-13)15(10-17)21(18,19)14-7-5-12(16)6-8-14/h2-9,15H,10,17H2,1H3/p+1/t15-/m1/s1. The average Bonchev–Trinajstić information content (AvgIpc) is 2.48. The summed E-state index contributed by atoms with van der Waals surface area (Å²) >= 11 is 0. The van der Waals surface area contributed by atoms with Gasteiger partial charge in [-0.05, 0) is 42.0 Å². The molecule has 0 heterocycles. The number of methoxy groups -OCH3 is 1. The normalized spacial score (nSPS) is 12.9. The van der Waals surface area contributed by atoms with Gasteiger partial charge in [0.05, 0.1) is 18.6 Å². The Morgan fingerprint density at radius 3 is 2.43 bits per heavy atom. The summed E-state index contributed by atoms with van der Waals surface area (Å²) in [6.45, 7) is 0.173. The third kappa shape index (κ3) is 3.22. The average molecular weight is 310 g/mol. The fourth-order valence-corrected chi connectivity index (χ4v) is 3.79. The van der Waals surface area contributed by atoms with Crippen LogP contribution >= 0.6 is 0 Å². The quantitative estimate of drug-likeness (QED) is 0.853. The molecule has 0 spiro atoms. The molecule has 2 rings (SSSR count). The number of ether oxygens (including phenoxy) is 1. The number of benzene rings is 2. The zero-order valence-corrected chi connectivity index (χ0v) is 12.4. The first kappa shape index (κ1) is 15.5. The SMILES string of the molecule is COc1cccc([C@@H](C[NH3+])S(=O)(=O)c2ccc(F)cc2)c1. The summed E-state index contributed by atoms with van der Waals surface area (Å²) in [6, 6.07) is 11.7. The minimum absolute atomic E-state index is 0.0837. The molecular weight excluding hydrogens is 293 g/mol. The van der Waals surface area contributed by atoms with Crippen LogP contribution in [0.5, 0.6) is 5.75 Å². The monoisotopic (exact) mass is 310 g/mol. The van der Waals surface area contributed by atoms with Gasteiger partial charge in [0.1, 0.15) is 16.8 Å². The molecule has 0 aliphatic carbocycles. The molecule has 0 bridgehead atoms. The number of hydrogen-bond donors (Lipinski definition) is 1. The third-order valence-electron chi connectivity index (χ3n) is 3.24. The lowest BCUT2D eigenvalue weighted by Crippen LogP contribution is -2.54. The van der Waals surface area contributed by atoms with Crippen LogP contribution in [0, 0.1) is 5.82 Å². The molecule has 0 fully saturated rings. The summed E-state index contributed by atoms with van der Waals surface area (Å²) in [4.78, 5) is 0.0837. The zero-order valence-electron chi connectivity index (χ0n) is 11.6. The smallest absolute Gasteiger partial charge is 0.190 e. The molecule has 1 atom stereocenters. The van der Waals surface area contributed by atoms with Gasteiger partial charge in [-0.1, -0.05) is 12.1 Å². The van der Waals surface area contributed by atoms with Crippen LogP contribution in [0.2, 0.25) is 0 Å². The molecule has 6 heteroatoms. The molecular formula is C15H17FNO3S+. The van der Waals surface area contributed by atoms with E-state index in [9.17, 15) is 12.8 Å². The summed E-state index contributed by atoms with van der Waals surface area (Å²) in [5.41, 5.74) is 4.34. The molecule has 2 aromatic carbocycles. The van der Waals surface area contributed by atoms with Crippen molar-refractivity contribution in [1.82, 2.24) is 0 Å². The van der Waals surface area contributed by atoms with Crippen molar-refractivity contribution >= 4 is 9.84 Å². The van der Waals surface area contributed by atoms with Crippen molar-refractivity contribution in [3.63, 3.8) is 0 Å². The van der Waals surface area contributed by atoms with Crippen LogP contribution in [0.3, 0.4) is 0 Å². The Kier molecular flexibility index (Phi) is 4.59. The first-order valence-corrected chi connectivity index (χ1v) is 7.96. The van der Waals surface area contributed by atoms with E-state index in [1.807, 2.05) is 0 Å². The summed E-state index contributed by atoms with van der Waals surface area (Å²) < 4.78 is 43.4. The number of hydrogen-bond acceptors (Lipinski definition) is 3. The van der Waals surface area contributed by atoms with Crippen molar-refractivity contribution in [2.45, 2.75) is 10.1 Å². The second kappa shape index (κ2) is 6.24. The Bertz CT molecular complexity index is 714. The van der Waals surface area contributed by atoms with Crippen molar-refractivity contribution in [3.8, 4) is 5.75 Å². The molecule has 4 nitrogen and oxygen atoms in total. The number of rotatable bonds is 5. The van der Waals surface area contributed by atoms with Crippen LogP contribution < -0.4 is 10.5 Å². The topological polar surface area (TPSA) is 71.0 Å². The molecule has 112 valence electrons. The lowest BCUT2D eigenvalue weighted by Gasteiger charge is -2.15. The van der Waals surface area contributed by atoms with Crippen LogP contribution in [0.25, 0.3) is 0 Å². The third-order valence-corrected chi connectivity index (χ3v) is 5.43. The van der Waals surface area contributed by atoms with Gasteiger partial charge in [0, 0.05) is 0 Å². The molecule has 2 aromatic rings. The largest absolute Gasteiger partial charge is 0.497 e. The highest BCUT2D eigenvalue weighted by molar-refractivity contribution is 7.91. The summed E-state index contributed by atoms with van der Waals surface area (Å²) in [7, 11) is -2.11. The maximum Gasteiger partial charge on any atom is 0.190 e. The first-order valence-electron chi connectivity index (χ1n) is 6.41. The number of halogens is 1. The molecule has 0 aliphatic rings. The second-order valence-corrected chi connectivity index (χ2v) is 6.68. The van der Waals surface area contributed by atoms with E-state index < -0.39 is 20.9 Å². The molecule has 0 amide bonds. The van der Waals surface area contributed by atoms with Gasteiger partial charge in [-0.2, -0.15) is 0 Å². The van der Waals surface area contributed by atoms with Crippen LogP contribution in [0.15, 0.2) is 53.4 Å². The van der Waals surface area contributed by atoms with Crippen molar-refractivity contribution in [3.05, 3.63) is 59.9 Å². The van der Waals surface area contributed by atoms with Gasteiger partial charge < -0.3 is 10.5 Å². The van der Waals surface area contributed by atoms with Gasteiger partial charge in [-0.25, -0.2) is 12.8 Å². The van der Waals surface area contributed by atoms with Gasteiger partial charge in [0.2, 0.25) is 0 Å². The Morgan fingerprint density at radius 2 is 1.86 bits per heavy atom. The van der Waals surface area contributed by atoms with E-state index in [1.54, 1.807) is 24.3 Å². The van der Waals surface area contributed by atoms with E-state index in [2.05, 4.69) is 5.73 Å². The van der Waals surface area contributed by atoms with Gasteiger partial charge in [0.25, 0.3) is 0 Å². The van der Waals surface area contributed by atoms with Crippen molar-refractivity contribution in [2.75, 3.05) is 13.7 Å². The fourth-order valence-electron chi connectivity index (χ4n) is 2.13. The molecule has 0 aliphatic heterocycles. The molecule has 0 unspecified atom stereocenters. The van der Waals surface area contributed by atoms with Crippen LogP contribution in [-0.4, -0.2) is 22.1 Å². The molecule has 0 saturated carbocycles. The van der Waals surface area contributed by atoms with E-state index in [4.69, 9.17) is 4.74 Å². The maximum absolute atomic E-state index is 13.0. The first-order chi connectivity index (χ1) is 9.98. The molecule has 0 aromatic heterocycles. The Labute approximate surface area is 123 Å². The van der Waals surface area contributed by atoms with Crippen molar-refractivity contribution < 1.29 is 23.3 Å². The van der Waals surface area contributed by atoms with Crippen LogP contribution in [0.1, 0.15) is 10.8 Å². The van der Waals surface area contributed by atoms with Crippen molar-refractivity contribution in [2.24, 2.45) is 0 Å². The van der Waals surface area contributed by atoms with Crippen LogP contribution in [-0.2, 0) is 9.84 Å². The van der Waals surface area contributed by atoms with Gasteiger partial charge in [-0.3, -0.25) is 0 Å². The Morgan fingerprint density at radius 1 is 1.19 bits per heavy atom. The van der Waals surface area contributed by atoms with E-state index >= 15 is 0 Å². The molecule has 0 saturated heterocycles. The van der Waals surface area contributed by atoms with Gasteiger partial charge >= 0.3 is 0 Å². The lowest BCUT2D eigenvalue weighted by atomic mass is 10.1. The van der Waals surface area contributed by atoms with E-state index in [0.29, 0.717) is 11.3 Å². The van der Waals surface area contributed by atoms with E-state index in [0.717, 1.165) is 12.1 Å². The number of quaternary nitrogens is 1. The predicted molar refractivity (Wildman–Crippen MR) is 77.1 cm³/mol. The van der Waals surface area contributed by atoms with Crippen LogP contribution in [0.4, 0.5) is 4.39 Å². The summed E-state index contributed by atoms with van der Waals surface area (Å²) in [5.74, 6) is 0.113. The number of sulfone groups is 1. The predicted octanol–water partition coefficient (Wildman–Crippen LogP) is 1.59. The lowest BCUT2D eigenvalue weighted by molar-refractivity contribution is -0.367. The second-order valence-electron chi connectivity index (χ2n) is 4.55. The maximum atomic E-state index is 13.0. The van der Waals surface area contributed by atoms with E-state index in [1.165, 1.54) is 19.2 Å². The molecule has 21 heavy (non-hydrogen) atoms. The molecule has 3 N–H and O–H groups in total. The summed E-state index contributed by atoms with van der Waals surface area (Å²) in [5, 5.41) is -0.793. The fraction of sp³-hybridized carbons (Fsp3) is 0.200. The van der Waals surface area contributed by atoms with Gasteiger partial charge in [-0.15, -0.1) is 0 Å². The summed E-state index contributed by atoms with van der Waals surface area (Å²) in [6.07, 6.45) is 0. The minimum atomic E-state index is -3.63. The highest BCUT2D eigenvalue weighted by Gasteiger charge is 2.30. The van der Waals surface area contributed by atoms with Crippen molar-refractivity contribution in [1.29, 1.82) is 0 Å². The highest BCUT2D eigenvalue weighted by Crippen LogP contribution is 2.29.